The van der Waals surface area contributed by atoms with Crippen LogP contribution < -0.4 is 4.90 Å². The summed E-state index contributed by atoms with van der Waals surface area (Å²) in [6, 6.07) is 38.0. The smallest absolute Gasteiger partial charge is 0.0462 e. The Morgan fingerprint density at radius 3 is 1.25 bits per heavy atom. The summed E-state index contributed by atoms with van der Waals surface area (Å²) in [6.45, 7) is 9.86. The maximum absolute atomic E-state index is 3.09. The first-order valence-electron chi connectivity index (χ1n) is 11.4. The maximum atomic E-state index is 3.09. The number of benzene rings is 4. The molecule has 0 aromatic heterocycles. The molecule has 32 heavy (non-hydrogen) atoms. The van der Waals surface area contributed by atoms with Gasteiger partial charge in [-0.1, -0.05) is 94.3 Å². The van der Waals surface area contributed by atoms with E-state index in [9.17, 15) is 0 Å². The first-order valence-corrected chi connectivity index (χ1v) is 11.4. The first-order chi connectivity index (χ1) is 15.8. The number of para-hydroxylation sites is 2. The van der Waals surface area contributed by atoms with E-state index in [2.05, 4.69) is 114 Å². The van der Waals surface area contributed by atoms with E-state index >= 15 is 0 Å². The van der Waals surface area contributed by atoms with Gasteiger partial charge in [0.2, 0.25) is 0 Å². The predicted molar refractivity (Wildman–Crippen MR) is 142 cm³/mol. The molecule has 0 radical (unpaired) electrons. The van der Waals surface area contributed by atoms with Gasteiger partial charge in [0.1, 0.15) is 0 Å². The van der Waals surface area contributed by atoms with Crippen molar-refractivity contribution in [2.45, 2.75) is 34.6 Å². The molecular weight excluding hydrogens is 386 g/mol. The summed E-state index contributed by atoms with van der Waals surface area (Å²) in [7, 11) is 0. The molecule has 0 unspecified atom stereocenters. The van der Waals surface area contributed by atoms with Crippen LogP contribution in [0.2, 0.25) is 0 Å². The highest BCUT2D eigenvalue weighted by Gasteiger charge is 2.11. The van der Waals surface area contributed by atoms with E-state index in [1.165, 1.54) is 11.1 Å². The molecule has 0 aliphatic carbocycles. The van der Waals surface area contributed by atoms with E-state index in [4.69, 9.17) is 0 Å². The molecule has 0 N–H and O–H groups in total. The van der Waals surface area contributed by atoms with Crippen molar-refractivity contribution >= 4 is 17.1 Å². The van der Waals surface area contributed by atoms with Gasteiger partial charge in [-0.05, 0) is 66.6 Å². The molecule has 4 aromatic rings. The number of hydrogen-bond acceptors (Lipinski definition) is 1. The van der Waals surface area contributed by atoms with E-state index < -0.39 is 0 Å². The minimum absolute atomic E-state index is 1.04. The average molecular weight is 420 g/mol. The van der Waals surface area contributed by atoms with Crippen molar-refractivity contribution in [3.05, 3.63) is 115 Å². The largest absolute Gasteiger partial charge is 0.311 e. The minimum Gasteiger partial charge on any atom is -0.311 e. The molecule has 1 nitrogen and oxygen atoms in total. The summed E-state index contributed by atoms with van der Waals surface area (Å²) in [5.74, 6) is 6.03. The Labute approximate surface area is 194 Å². The van der Waals surface area contributed by atoms with E-state index in [-0.39, 0.29) is 0 Å². The lowest BCUT2D eigenvalue weighted by Gasteiger charge is -2.25. The SMILES string of the molecule is CC.CC.CC#Cc1ccc(-c2ccc(N(c3ccccc3)c3ccccc3)cc2)cc1. The summed E-state index contributed by atoms with van der Waals surface area (Å²) in [5.41, 5.74) is 6.85. The van der Waals surface area contributed by atoms with Gasteiger partial charge >= 0.3 is 0 Å². The standard InChI is InChI=1S/C27H21N.2C2H6/c1-2-9-22-14-16-23(17-15-22)24-18-20-27(21-19-24)28(25-10-5-3-6-11-25)26-12-7-4-8-13-26;2*1-2/h3-8,10-21H,1H3;2*1-2H3. The Hall–Kier alpha value is -3.76. The van der Waals surface area contributed by atoms with Gasteiger partial charge in [0, 0.05) is 22.6 Å². The van der Waals surface area contributed by atoms with Crippen molar-refractivity contribution in [1.82, 2.24) is 0 Å². The van der Waals surface area contributed by atoms with Crippen LogP contribution in [0.15, 0.2) is 109 Å². The van der Waals surface area contributed by atoms with E-state index in [0.29, 0.717) is 0 Å². The highest BCUT2D eigenvalue weighted by Crippen LogP contribution is 2.35. The van der Waals surface area contributed by atoms with Gasteiger partial charge in [-0.15, -0.1) is 5.92 Å². The number of nitrogens with zero attached hydrogens (tertiary/aromatic N) is 1. The van der Waals surface area contributed by atoms with Gasteiger partial charge in [-0.3, -0.25) is 0 Å². The molecule has 0 amide bonds. The molecular formula is C31H33N. The second kappa shape index (κ2) is 13.5. The van der Waals surface area contributed by atoms with Crippen molar-refractivity contribution in [2.75, 3.05) is 4.90 Å². The summed E-state index contributed by atoms with van der Waals surface area (Å²) >= 11 is 0. The highest BCUT2D eigenvalue weighted by molar-refractivity contribution is 5.78. The van der Waals surface area contributed by atoms with Crippen LogP contribution in [0.1, 0.15) is 40.2 Å². The summed E-state index contributed by atoms with van der Waals surface area (Å²) < 4.78 is 0. The third kappa shape index (κ3) is 6.37. The van der Waals surface area contributed by atoms with Crippen LogP contribution in [0, 0.1) is 11.8 Å². The van der Waals surface area contributed by atoms with Gasteiger partial charge < -0.3 is 4.90 Å². The molecule has 0 atom stereocenters. The molecule has 1 heteroatoms. The van der Waals surface area contributed by atoms with Gasteiger partial charge in [-0.2, -0.15) is 0 Å². The summed E-state index contributed by atoms with van der Waals surface area (Å²) in [5, 5.41) is 0. The Bertz CT molecular complexity index is 1040. The van der Waals surface area contributed by atoms with Crippen LogP contribution in [-0.2, 0) is 0 Å². The topological polar surface area (TPSA) is 3.24 Å². The van der Waals surface area contributed by atoms with Gasteiger partial charge in [0.25, 0.3) is 0 Å². The number of rotatable bonds is 4. The van der Waals surface area contributed by atoms with Crippen LogP contribution in [0.3, 0.4) is 0 Å². The van der Waals surface area contributed by atoms with Crippen LogP contribution in [-0.4, -0.2) is 0 Å². The predicted octanol–water partition coefficient (Wildman–Crippen LogP) is 9.25. The fourth-order valence-corrected chi connectivity index (χ4v) is 3.29. The van der Waals surface area contributed by atoms with Crippen molar-refractivity contribution in [2.24, 2.45) is 0 Å². The molecule has 0 spiro atoms. The quantitative estimate of drug-likeness (QED) is 0.298. The van der Waals surface area contributed by atoms with E-state index in [1.54, 1.807) is 0 Å². The lowest BCUT2D eigenvalue weighted by Crippen LogP contribution is -2.09. The molecule has 0 saturated heterocycles. The van der Waals surface area contributed by atoms with Crippen molar-refractivity contribution in [3.8, 4) is 23.0 Å². The summed E-state index contributed by atoms with van der Waals surface area (Å²) in [4.78, 5) is 2.27. The van der Waals surface area contributed by atoms with Crippen molar-refractivity contribution in [3.63, 3.8) is 0 Å². The Morgan fingerprint density at radius 2 is 0.844 bits per heavy atom. The van der Waals surface area contributed by atoms with E-state index in [0.717, 1.165) is 22.6 Å². The van der Waals surface area contributed by atoms with Gasteiger partial charge in [0.15, 0.2) is 0 Å². The van der Waals surface area contributed by atoms with E-state index in [1.807, 2.05) is 46.8 Å². The van der Waals surface area contributed by atoms with Crippen LogP contribution in [0.5, 0.6) is 0 Å². The van der Waals surface area contributed by atoms with Crippen LogP contribution in [0.25, 0.3) is 11.1 Å². The fourth-order valence-electron chi connectivity index (χ4n) is 3.29. The highest BCUT2D eigenvalue weighted by atomic mass is 15.1. The number of hydrogen-bond donors (Lipinski definition) is 0. The lowest BCUT2D eigenvalue weighted by molar-refractivity contribution is 1.28. The van der Waals surface area contributed by atoms with Gasteiger partial charge in [0.05, 0.1) is 0 Å². The number of anilines is 3. The average Bonchev–Trinajstić information content (AvgIpc) is 2.89. The Balaban J connectivity index is 0.000000860. The zero-order valence-corrected chi connectivity index (χ0v) is 19.8. The molecule has 4 rings (SSSR count). The monoisotopic (exact) mass is 419 g/mol. The second-order valence-corrected chi connectivity index (χ2v) is 6.51. The molecule has 0 saturated carbocycles. The zero-order valence-electron chi connectivity index (χ0n) is 19.8. The minimum atomic E-state index is 1.04. The summed E-state index contributed by atoms with van der Waals surface area (Å²) in [6.07, 6.45) is 0. The molecule has 0 aliphatic heterocycles. The molecule has 4 aromatic carbocycles. The van der Waals surface area contributed by atoms with Crippen molar-refractivity contribution < 1.29 is 0 Å². The third-order valence-corrected chi connectivity index (χ3v) is 4.64. The van der Waals surface area contributed by atoms with Crippen LogP contribution in [0.4, 0.5) is 17.1 Å². The maximum Gasteiger partial charge on any atom is 0.0462 e. The fraction of sp³-hybridized carbons (Fsp3) is 0.161. The zero-order chi connectivity index (χ0) is 23.2. The molecule has 0 fully saturated rings. The molecule has 0 heterocycles. The molecule has 0 bridgehead atoms. The second-order valence-electron chi connectivity index (χ2n) is 6.51. The molecule has 162 valence electrons. The Kier molecular flexibility index (Phi) is 10.4. The van der Waals surface area contributed by atoms with Crippen molar-refractivity contribution in [1.29, 1.82) is 0 Å². The lowest BCUT2D eigenvalue weighted by atomic mass is 10.0. The van der Waals surface area contributed by atoms with Crippen LogP contribution >= 0.6 is 0 Å². The normalized spacial score (nSPS) is 9.16. The molecule has 0 aliphatic rings. The first kappa shape index (κ1) is 24.5. The Morgan fingerprint density at radius 1 is 0.469 bits per heavy atom. The third-order valence-electron chi connectivity index (χ3n) is 4.64. The van der Waals surface area contributed by atoms with Gasteiger partial charge in [-0.25, -0.2) is 0 Å².